The van der Waals surface area contributed by atoms with E-state index in [1.54, 1.807) is 12.1 Å². The van der Waals surface area contributed by atoms with Gasteiger partial charge in [0.05, 0.1) is 0 Å². The number of nitrogens with two attached hydrogens (primary N) is 2. The molecule has 0 amide bonds. The summed E-state index contributed by atoms with van der Waals surface area (Å²) in [6.45, 7) is 0.555. The molecule has 4 N–H and O–H groups in total. The van der Waals surface area contributed by atoms with Crippen molar-refractivity contribution in [3.63, 3.8) is 0 Å². The van der Waals surface area contributed by atoms with E-state index in [2.05, 4.69) is 0 Å². The lowest BCUT2D eigenvalue weighted by atomic mass is 10.0. The quantitative estimate of drug-likeness (QED) is 0.866. The van der Waals surface area contributed by atoms with Gasteiger partial charge >= 0.3 is 0 Å². The van der Waals surface area contributed by atoms with Crippen LogP contribution < -0.4 is 11.5 Å². The van der Waals surface area contributed by atoms with E-state index >= 15 is 0 Å². The Morgan fingerprint density at radius 3 is 2.60 bits per heavy atom. The predicted molar refractivity (Wildman–Crippen MR) is 63.9 cm³/mol. The summed E-state index contributed by atoms with van der Waals surface area (Å²) in [5.41, 5.74) is 11.5. The van der Waals surface area contributed by atoms with Gasteiger partial charge in [-0.2, -0.15) is 0 Å². The van der Waals surface area contributed by atoms with Gasteiger partial charge in [0.25, 0.3) is 0 Å². The molecule has 86 valence electrons. The lowest BCUT2D eigenvalue weighted by molar-refractivity contribution is 0.553. The summed E-state index contributed by atoms with van der Waals surface area (Å²) in [5.74, 6) is -0.345. The minimum absolute atomic E-state index is 0. The second-order valence-electron chi connectivity index (χ2n) is 3.17. The Morgan fingerprint density at radius 2 is 2.07 bits per heavy atom. The van der Waals surface area contributed by atoms with Gasteiger partial charge in [-0.3, -0.25) is 0 Å². The van der Waals surface area contributed by atoms with Gasteiger partial charge in [-0.05, 0) is 31.5 Å². The SMILES string of the molecule is Cl.NCCC[C@@H](N)c1c(F)cccc1Cl. The first-order chi connectivity index (χ1) is 6.66. The van der Waals surface area contributed by atoms with Crippen molar-refractivity contribution in [2.24, 2.45) is 11.5 Å². The first-order valence-corrected chi connectivity index (χ1v) is 4.94. The fourth-order valence-corrected chi connectivity index (χ4v) is 1.65. The van der Waals surface area contributed by atoms with Crippen LogP contribution in [0.3, 0.4) is 0 Å². The molecule has 0 radical (unpaired) electrons. The topological polar surface area (TPSA) is 52.0 Å². The summed E-state index contributed by atoms with van der Waals surface area (Å²) in [7, 11) is 0. The summed E-state index contributed by atoms with van der Waals surface area (Å²) in [6.07, 6.45) is 1.42. The van der Waals surface area contributed by atoms with E-state index in [1.807, 2.05) is 0 Å². The van der Waals surface area contributed by atoms with Crippen LogP contribution in [0, 0.1) is 5.82 Å². The molecule has 2 nitrogen and oxygen atoms in total. The van der Waals surface area contributed by atoms with E-state index in [0.717, 1.165) is 6.42 Å². The summed E-state index contributed by atoms with van der Waals surface area (Å²) < 4.78 is 13.3. The van der Waals surface area contributed by atoms with Crippen LogP contribution in [0.25, 0.3) is 0 Å². The van der Waals surface area contributed by atoms with Crippen molar-refractivity contribution in [2.45, 2.75) is 18.9 Å². The van der Waals surface area contributed by atoms with Crippen molar-refractivity contribution in [2.75, 3.05) is 6.54 Å². The van der Waals surface area contributed by atoms with E-state index in [4.69, 9.17) is 23.1 Å². The predicted octanol–water partition coefficient (Wildman–Crippen LogP) is 2.64. The molecule has 0 saturated carbocycles. The molecule has 0 aromatic heterocycles. The number of hydrogen-bond acceptors (Lipinski definition) is 2. The molecule has 1 aromatic carbocycles. The fraction of sp³-hybridized carbons (Fsp3) is 0.400. The molecule has 5 heteroatoms. The van der Waals surface area contributed by atoms with Crippen LogP contribution in [0.1, 0.15) is 24.4 Å². The molecule has 0 bridgehead atoms. The molecule has 1 aromatic rings. The van der Waals surface area contributed by atoms with Gasteiger partial charge in [0.1, 0.15) is 5.82 Å². The smallest absolute Gasteiger partial charge is 0.129 e. The fourth-order valence-electron chi connectivity index (χ4n) is 1.35. The zero-order chi connectivity index (χ0) is 10.6. The minimum Gasteiger partial charge on any atom is -0.330 e. The van der Waals surface area contributed by atoms with Crippen LogP contribution >= 0.6 is 24.0 Å². The highest BCUT2D eigenvalue weighted by atomic mass is 35.5. The lowest BCUT2D eigenvalue weighted by Crippen LogP contribution is -2.14. The van der Waals surface area contributed by atoms with Crippen molar-refractivity contribution < 1.29 is 4.39 Å². The van der Waals surface area contributed by atoms with Crippen LogP contribution in [0.15, 0.2) is 18.2 Å². The van der Waals surface area contributed by atoms with Crippen molar-refractivity contribution in [3.05, 3.63) is 34.6 Å². The maximum atomic E-state index is 13.3. The second-order valence-corrected chi connectivity index (χ2v) is 3.58. The highest BCUT2D eigenvalue weighted by molar-refractivity contribution is 6.31. The Kier molecular flexibility index (Phi) is 6.85. The van der Waals surface area contributed by atoms with Crippen LogP contribution in [0.4, 0.5) is 4.39 Å². The maximum Gasteiger partial charge on any atom is 0.129 e. The van der Waals surface area contributed by atoms with Crippen LogP contribution in [-0.2, 0) is 0 Å². The van der Waals surface area contributed by atoms with E-state index in [1.165, 1.54) is 6.07 Å². The average molecular weight is 253 g/mol. The maximum absolute atomic E-state index is 13.3. The van der Waals surface area contributed by atoms with Crippen LogP contribution in [-0.4, -0.2) is 6.54 Å². The molecule has 0 aliphatic carbocycles. The van der Waals surface area contributed by atoms with Gasteiger partial charge in [-0.1, -0.05) is 17.7 Å². The van der Waals surface area contributed by atoms with E-state index in [9.17, 15) is 4.39 Å². The zero-order valence-corrected chi connectivity index (χ0v) is 9.82. The summed E-state index contributed by atoms with van der Waals surface area (Å²) >= 11 is 5.85. The van der Waals surface area contributed by atoms with Crippen molar-refractivity contribution >= 4 is 24.0 Å². The Labute approximate surface area is 100 Å². The van der Waals surface area contributed by atoms with Crippen LogP contribution in [0.2, 0.25) is 5.02 Å². The monoisotopic (exact) mass is 252 g/mol. The number of hydrogen-bond donors (Lipinski definition) is 2. The normalized spacial score (nSPS) is 12.0. The van der Waals surface area contributed by atoms with Gasteiger partial charge in [-0.25, -0.2) is 4.39 Å². The summed E-state index contributed by atoms with van der Waals surface area (Å²) in [5, 5.41) is 0.384. The van der Waals surface area contributed by atoms with Crippen molar-refractivity contribution in [1.29, 1.82) is 0 Å². The Balaban J connectivity index is 0.00000196. The molecule has 0 aliphatic heterocycles. The molecule has 1 atom stereocenters. The van der Waals surface area contributed by atoms with Gasteiger partial charge < -0.3 is 11.5 Å². The molecular formula is C10H15Cl2FN2. The highest BCUT2D eigenvalue weighted by Crippen LogP contribution is 2.26. The molecule has 15 heavy (non-hydrogen) atoms. The number of halogens is 3. The molecule has 0 spiro atoms. The number of benzene rings is 1. The molecular weight excluding hydrogens is 238 g/mol. The Morgan fingerprint density at radius 1 is 1.40 bits per heavy atom. The molecule has 0 saturated heterocycles. The summed E-state index contributed by atoms with van der Waals surface area (Å²) in [4.78, 5) is 0. The van der Waals surface area contributed by atoms with E-state index < -0.39 is 0 Å². The van der Waals surface area contributed by atoms with Crippen molar-refractivity contribution in [3.8, 4) is 0 Å². The second kappa shape index (κ2) is 7.01. The molecule has 0 fully saturated rings. The molecule has 1 rings (SSSR count). The Bertz CT molecular complexity index is 287. The molecule has 0 unspecified atom stereocenters. The van der Waals surface area contributed by atoms with E-state index in [-0.39, 0.29) is 24.3 Å². The Hall–Kier alpha value is -0.350. The third-order valence-corrected chi connectivity index (χ3v) is 2.42. The minimum atomic E-state index is -0.368. The van der Waals surface area contributed by atoms with Gasteiger partial charge in [0.2, 0.25) is 0 Å². The van der Waals surface area contributed by atoms with E-state index in [0.29, 0.717) is 23.6 Å². The molecule has 0 heterocycles. The third-order valence-electron chi connectivity index (χ3n) is 2.09. The molecule has 0 aliphatic rings. The lowest BCUT2D eigenvalue weighted by Gasteiger charge is -2.13. The standard InChI is InChI=1S/C10H14ClFN2.ClH/c11-7-3-1-4-8(12)10(7)9(14)5-2-6-13;/h1,3-4,9H,2,5-6,13-14H2;1H/t9-;/m1./s1. The summed E-state index contributed by atoms with van der Waals surface area (Å²) in [6, 6.07) is 4.20. The van der Waals surface area contributed by atoms with Gasteiger partial charge in [0.15, 0.2) is 0 Å². The highest BCUT2D eigenvalue weighted by Gasteiger charge is 2.14. The van der Waals surface area contributed by atoms with Gasteiger partial charge in [0, 0.05) is 16.6 Å². The average Bonchev–Trinajstić information content (AvgIpc) is 2.14. The first-order valence-electron chi connectivity index (χ1n) is 4.56. The van der Waals surface area contributed by atoms with Crippen molar-refractivity contribution in [1.82, 2.24) is 0 Å². The largest absolute Gasteiger partial charge is 0.330 e. The third kappa shape index (κ3) is 3.95. The number of rotatable bonds is 4. The zero-order valence-electron chi connectivity index (χ0n) is 8.25. The van der Waals surface area contributed by atoms with Gasteiger partial charge in [-0.15, -0.1) is 12.4 Å². The van der Waals surface area contributed by atoms with Crippen LogP contribution in [0.5, 0.6) is 0 Å². The first kappa shape index (κ1) is 14.6.